The average molecular weight is 272 g/mol. The van der Waals surface area contributed by atoms with Gasteiger partial charge in [0.25, 0.3) is 0 Å². The Bertz CT molecular complexity index is 531. The van der Waals surface area contributed by atoms with Gasteiger partial charge in [0.2, 0.25) is 5.91 Å². The van der Waals surface area contributed by atoms with Gasteiger partial charge in [-0.25, -0.2) is 0 Å². The summed E-state index contributed by atoms with van der Waals surface area (Å²) < 4.78 is 5.20. The molecule has 0 aromatic heterocycles. The van der Waals surface area contributed by atoms with Crippen LogP contribution >= 0.6 is 0 Å². The molecule has 1 fully saturated rings. The van der Waals surface area contributed by atoms with Gasteiger partial charge in [-0.1, -0.05) is 18.9 Å². The van der Waals surface area contributed by atoms with Gasteiger partial charge in [0, 0.05) is 31.3 Å². The number of hydrogen-bond acceptors (Lipinski definition) is 3. The van der Waals surface area contributed by atoms with Crippen LogP contribution in [0.2, 0.25) is 0 Å². The molecule has 20 heavy (non-hydrogen) atoms. The summed E-state index contributed by atoms with van der Waals surface area (Å²) in [6.07, 6.45) is 0.859. The Morgan fingerprint density at radius 3 is 2.85 bits per heavy atom. The van der Waals surface area contributed by atoms with E-state index in [1.807, 2.05) is 36.1 Å². The molecular weight excluding hydrogens is 252 g/mol. The first kappa shape index (κ1) is 14.4. The summed E-state index contributed by atoms with van der Waals surface area (Å²) in [5, 5.41) is 0. The predicted molar refractivity (Wildman–Crippen MR) is 79.9 cm³/mol. The first-order valence-corrected chi connectivity index (χ1v) is 6.87. The maximum Gasteiger partial charge on any atom is 0.241 e. The van der Waals surface area contributed by atoms with E-state index in [1.54, 1.807) is 7.11 Å². The molecule has 0 aliphatic carbocycles. The minimum Gasteiger partial charge on any atom is -0.497 e. The van der Waals surface area contributed by atoms with Crippen molar-refractivity contribution in [1.82, 2.24) is 4.90 Å². The molecule has 0 spiro atoms. The van der Waals surface area contributed by atoms with E-state index in [0.717, 1.165) is 24.4 Å². The Labute approximate surface area is 120 Å². The molecule has 0 unspecified atom stereocenters. The lowest BCUT2D eigenvalue weighted by Gasteiger charge is -2.33. The number of hydrogen-bond donors (Lipinski definition) is 0. The van der Waals surface area contributed by atoms with Gasteiger partial charge in [-0.05, 0) is 12.1 Å². The first-order chi connectivity index (χ1) is 9.74. The number of benzene rings is 1. The Morgan fingerprint density at radius 2 is 2.15 bits per heavy atom. The lowest BCUT2D eigenvalue weighted by Crippen LogP contribution is -2.50. The number of anilines is 1. The molecule has 4 nitrogen and oxygen atoms in total. The zero-order valence-electron chi connectivity index (χ0n) is 12.1. The molecule has 0 bridgehead atoms. The second-order valence-corrected chi connectivity index (χ2v) is 4.66. The summed E-state index contributed by atoms with van der Waals surface area (Å²) in [6.45, 7) is 4.67. The van der Waals surface area contributed by atoms with Crippen LogP contribution in [0.1, 0.15) is 13.3 Å². The van der Waals surface area contributed by atoms with Crippen molar-refractivity contribution in [2.24, 2.45) is 0 Å². The zero-order valence-corrected chi connectivity index (χ0v) is 12.1. The van der Waals surface area contributed by atoms with Crippen LogP contribution in [0.15, 0.2) is 24.3 Å². The molecule has 1 heterocycles. The molecule has 106 valence electrons. The van der Waals surface area contributed by atoms with Crippen LogP contribution in [-0.2, 0) is 4.79 Å². The molecule has 1 aromatic carbocycles. The van der Waals surface area contributed by atoms with Gasteiger partial charge < -0.3 is 9.64 Å². The molecule has 0 atom stereocenters. The molecule has 0 N–H and O–H groups in total. The van der Waals surface area contributed by atoms with E-state index < -0.39 is 0 Å². The van der Waals surface area contributed by atoms with Crippen molar-refractivity contribution >= 4 is 11.6 Å². The fraction of sp³-hybridized carbons (Fsp3) is 0.438. The lowest BCUT2D eigenvalue weighted by atomic mass is 10.2. The maximum absolute atomic E-state index is 12.2. The summed E-state index contributed by atoms with van der Waals surface area (Å²) in [7, 11) is 1.63. The molecule has 1 aliphatic heterocycles. The fourth-order valence-corrected chi connectivity index (χ4v) is 2.20. The standard InChI is InChI=1S/C16H20N2O2/c1-3-4-5-9-17-10-11-18(16(19)13-17)14-7-6-8-15(12-14)20-2/h6-8,12H,3,9-11,13H2,1-2H3. The van der Waals surface area contributed by atoms with Crippen molar-refractivity contribution in [1.29, 1.82) is 0 Å². The number of carbonyl (C=O) groups is 1. The highest BCUT2D eigenvalue weighted by atomic mass is 16.5. The Hall–Kier alpha value is -1.99. The van der Waals surface area contributed by atoms with Crippen molar-refractivity contribution in [3.63, 3.8) is 0 Å². The topological polar surface area (TPSA) is 32.8 Å². The van der Waals surface area contributed by atoms with E-state index in [0.29, 0.717) is 19.6 Å². The third-order valence-electron chi connectivity index (χ3n) is 3.27. The van der Waals surface area contributed by atoms with Crippen LogP contribution in [-0.4, -0.2) is 44.1 Å². The normalized spacial score (nSPS) is 15.7. The van der Waals surface area contributed by atoms with Crippen molar-refractivity contribution in [3.8, 4) is 17.6 Å². The molecule has 1 aliphatic rings. The van der Waals surface area contributed by atoms with Crippen LogP contribution in [0, 0.1) is 11.8 Å². The summed E-state index contributed by atoms with van der Waals surface area (Å²) >= 11 is 0. The SMILES string of the molecule is CCC#CCN1CCN(c2cccc(OC)c2)C(=O)C1. The van der Waals surface area contributed by atoms with Gasteiger partial charge in [-0.2, -0.15) is 0 Å². The Balaban J connectivity index is 2.00. The average Bonchev–Trinajstić information content (AvgIpc) is 2.48. The van der Waals surface area contributed by atoms with E-state index in [1.165, 1.54) is 0 Å². The van der Waals surface area contributed by atoms with Gasteiger partial charge in [0.05, 0.1) is 20.2 Å². The molecule has 2 rings (SSSR count). The number of nitrogens with zero attached hydrogens (tertiary/aromatic N) is 2. The maximum atomic E-state index is 12.2. The molecule has 4 heteroatoms. The minimum atomic E-state index is 0.114. The van der Waals surface area contributed by atoms with Crippen molar-refractivity contribution in [2.45, 2.75) is 13.3 Å². The van der Waals surface area contributed by atoms with Crippen LogP contribution < -0.4 is 9.64 Å². The number of carbonyl (C=O) groups excluding carboxylic acids is 1. The summed E-state index contributed by atoms with van der Waals surface area (Å²) in [6, 6.07) is 7.61. The number of piperazine rings is 1. The summed E-state index contributed by atoms with van der Waals surface area (Å²) in [5.74, 6) is 7.00. The second-order valence-electron chi connectivity index (χ2n) is 4.66. The smallest absolute Gasteiger partial charge is 0.241 e. The molecule has 0 radical (unpaired) electrons. The Kier molecular flexibility index (Phi) is 5.03. The molecule has 1 aromatic rings. The van der Waals surface area contributed by atoms with Gasteiger partial charge in [-0.15, -0.1) is 5.92 Å². The quantitative estimate of drug-likeness (QED) is 0.786. The zero-order chi connectivity index (χ0) is 14.4. The van der Waals surface area contributed by atoms with Crippen LogP contribution in [0.3, 0.4) is 0 Å². The van der Waals surface area contributed by atoms with Crippen molar-refractivity contribution in [2.75, 3.05) is 38.2 Å². The highest BCUT2D eigenvalue weighted by Gasteiger charge is 2.24. The van der Waals surface area contributed by atoms with Crippen LogP contribution in [0.25, 0.3) is 0 Å². The monoisotopic (exact) mass is 272 g/mol. The van der Waals surface area contributed by atoms with Crippen LogP contribution in [0.4, 0.5) is 5.69 Å². The minimum absolute atomic E-state index is 0.114. The summed E-state index contributed by atoms with van der Waals surface area (Å²) in [4.78, 5) is 16.1. The van der Waals surface area contributed by atoms with Gasteiger partial charge in [-0.3, -0.25) is 9.69 Å². The predicted octanol–water partition coefficient (Wildman–Crippen LogP) is 1.76. The van der Waals surface area contributed by atoms with E-state index >= 15 is 0 Å². The number of rotatable bonds is 3. The summed E-state index contributed by atoms with van der Waals surface area (Å²) in [5.41, 5.74) is 0.897. The number of ether oxygens (including phenoxy) is 1. The highest BCUT2D eigenvalue weighted by molar-refractivity contribution is 5.95. The molecule has 0 saturated carbocycles. The Morgan fingerprint density at radius 1 is 1.30 bits per heavy atom. The van der Waals surface area contributed by atoms with Crippen LogP contribution in [0.5, 0.6) is 5.75 Å². The largest absolute Gasteiger partial charge is 0.497 e. The third kappa shape index (κ3) is 3.52. The van der Waals surface area contributed by atoms with E-state index in [-0.39, 0.29) is 5.91 Å². The lowest BCUT2D eigenvalue weighted by molar-refractivity contribution is -0.121. The first-order valence-electron chi connectivity index (χ1n) is 6.87. The van der Waals surface area contributed by atoms with Gasteiger partial charge in [0.15, 0.2) is 0 Å². The highest BCUT2D eigenvalue weighted by Crippen LogP contribution is 2.22. The van der Waals surface area contributed by atoms with Crippen molar-refractivity contribution < 1.29 is 9.53 Å². The number of amides is 1. The van der Waals surface area contributed by atoms with Gasteiger partial charge >= 0.3 is 0 Å². The van der Waals surface area contributed by atoms with E-state index in [2.05, 4.69) is 16.7 Å². The number of methoxy groups -OCH3 is 1. The molecule has 1 saturated heterocycles. The van der Waals surface area contributed by atoms with Gasteiger partial charge in [0.1, 0.15) is 5.75 Å². The molecular formula is C16H20N2O2. The molecule has 1 amide bonds. The van der Waals surface area contributed by atoms with E-state index in [4.69, 9.17) is 4.74 Å². The fourth-order valence-electron chi connectivity index (χ4n) is 2.20. The van der Waals surface area contributed by atoms with E-state index in [9.17, 15) is 4.79 Å². The second kappa shape index (κ2) is 6.97. The van der Waals surface area contributed by atoms with Crippen molar-refractivity contribution in [3.05, 3.63) is 24.3 Å². The third-order valence-corrected chi connectivity index (χ3v) is 3.27.